The highest BCUT2D eigenvalue weighted by Gasteiger charge is 2.30. The lowest BCUT2D eigenvalue weighted by Gasteiger charge is -2.36. The summed E-state index contributed by atoms with van der Waals surface area (Å²) >= 11 is 0. The fourth-order valence-corrected chi connectivity index (χ4v) is 5.10. The number of para-hydroxylation sites is 1. The molecule has 0 aliphatic carbocycles. The Hall–Kier alpha value is -3.25. The summed E-state index contributed by atoms with van der Waals surface area (Å²) in [5, 5.41) is 0. The number of rotatable bonds is 5. The molecule has 1 amide bonds. The van der Waals surface area contributed by atoms with Gasteiger partial charge >= 0.3 is 0 Å². The molecule has 5 nitrogen and oxygen atoms in total. The molecule has 176 valence electrons. The maximum atomic E-state index is 14.6. The SMILES string of the molecule is O=C(CCN1Cc2ccccc2O[C@H](c2ccccc2F)C1)N1CCCC[C@@H]1c1cccnc1. The zero-order chi connectivity index (χ0) is 23.3. The van der Waals surface area contributed by atoms with Gasteiger partial charge in [-0.25, -0.2) is 4.39 Å². The predicted octanol–water partition coefficient (Wildman–Crippen LogP) is 5.30. The molecule has 2 atom stereocenters. The Morgan fingerprint density at radius 1 is 1.06 bits per heavy atom. The van der Waals surface area contributed by atoms with Crippen molar-refractivity contribution in [3.05, 3.63) is 95.6 Å². The summed E-state index contributed by atoms with van der Waals surface area (Å²) in [5.74, 6) is 0.669. The van der Waals surface area contributed by atoms with Crippen molar-refractivity contribution in [2.75, 3.05) is 19.6 Å². The van der Waals surface area contributed by atoms with Gasteiger partial charge < -0.3 is 9.64 Å². The number of ether oxygens (including phenoxy) is 1. The number of hydrogen-bond acceptors (Lipinski definition) is 4. The van der Waals surface area contributed by atoms with Crippen molar-refractivity contribution < 1.29 is 13.9 Å². The molecule has 6 heteroatoms. The number of carbonyl (C=O) groups excluding carboxylic acids is 1. The second-order valence-electron chi connectivity index (χ2n) is 9.11. The summed E-state index contributed by atoms with van der Waals surface area (Å²) in [6.07, 6.45) is 6.75. The number of likely N-dealkylation sites (tertiary alicyclic amines) is 1. The van der Waals surface area contributed by atoms with E-state index in [2.05, 4.69) is 16.0 Å². The first-order valence-electron chi connectivity index (χ1n) is 12.1. The van der Waals surface area contributed by atoms with Crippen molar-refractivity contribution in [1.82, 2.24) is 14.8 Å². The molecule has 1 saturated heterocycles. The van der Waals surface area contributed by atoms with E-state index in [0.29, 0.717) is 31.6 Å². The van der Waals surface area contributed by atoms with Crippen LogP contribution in [-0.2, 0) is 11.3 Å². The van der Waals surface area contributed by atoms with Crippen LogP contribution in [0.1, 0.15) is 54.5 Å². The number of amides is 1. The van der Waals surface area contributed by atoms with Crippen LogP contribution in [0.25, 0.3) is 0 Å². The standard InChI is InChI=1S/C28H30FN3O2/c29-24-11-3-2-10-23(24)27-20-31(19-22-8-1-4-13-26(22)34-27)17-14-28(33)32-16-6-5-12-25(32)21-9-7-15-30-18-21/h1-4,7-11,13,15,18,25,27H,5-6,12,14,16-17,19-20H2/t25-,27+/m1/s1. The van der Waals surface area contributed by atoms with Crippen LogP contribution in [0.2, 0.25) is 0 Å². The molecule has 2 aliphatic rings. The van der Waals surface area contributed by atoms with Crippen molar-refractivity contribution >= 4 is 5.91 Å². The maximum Gasteiger partial charge on any atom is 0.224 e. The van der Waals surface area contributed by atoms with E-state index in [1.165, 1.54) is 6.07 Å². The molecule has 0 radical (unpaired) electrons. The molecular weight excluding hydrogens is 429 g/mol. The zero-order valence-corrected chi connectivity index (χ0v) is 19.3. The molecule has 3 aromatic rings. The van der Waals surface area contributed by atoms with Crippen LogP contribution >= 0.6 is 0 Å². The van der Waals surface area contributed by atoms with Crippen LogP contribution in [-0.4, -0.2) is 40.3 Å². The average Bonchev–Trinajstić information content (AvgIpc) is 3.07. The van der Waals surface area contributed by atoms with E-state index in [1.54, 1.807) is 18.3 Å². The van der Waals surface area contributed by atoms with Gasteiger partial charge in [0.1, 0.15) is 17.7 Å². The van der Waals surface area contributed by atoms with E-state index in [0.717, 1.165) is 42.7 Å². The molecule has 0 bridgehead atoms. The molecule has 2 aromatic carbocycles. The first kappa shape index (κ1) is 22.5. The number of halogens is 1. The van der Waals surface area contributed by atoms with Crippen molar-refractivity contribution in [2.24, 2.45) is 0 Å². The van der Waals surface area contributed by atoms with Gasteiger partial charge in [0.2, 0.25) is 5.91 Å². The molecule has 0 saturated carbocycles. The number of hydrogen-bond donors (Lipinski definition) is 0. The van der Waals surface area contributed by atoms with Crippen LogP contribution < -0.4 is 4.74 Å². The minimum Gasteiger partial charge on any atom is -0.484 e. The summed E-state index contributed by atoms with van der Waals surface area (Å²) in [5.41, 5.74) is 2.70. The van der Waals surface area contributed by atoms with E-state index in [1.807, 2.05) is 47.5 Å². The van der Waals surface area contributed by atoms with Crippen LogP contribution in [0.5, 0.6) is 5.75 Å². The fourth-order valence-electron chi connectivity index (χ4n) is 5.10. The maximum absolute atomic E-state index is 14.6. The monoisotopic (exact) mass is 459 g/mol. The Labute approximate surface area is 200 Å². The quantitative estimate of drug-likeness (QED) is 0.519. The highest BCUT2D eigenvalue weighted by atomic mass is 19.1. The second-order valence-corrected chi connectivity index (χ2v) is 9.11. The van der Waals surface area contributed by atoms with Crippen molar-refractivity contribution in [3.63, 3.8) is 0 Å². The molecule has 5 rings (SSSR count). The summed E-state index contributed by atoms with van der Waals surface area (Å²) in [7, 11) is 0. The number of pyridine rings is 1. The highest BCUT2D eigenvalue weighted by Crippen LogP contribution is 2.33. The molecule has 1 fully saturated rings. The molecule has 0 N–H and O–H groups in total. The number of benzene rings is 2. The van der Waals surface area contributed by atoms with Gasteiger partial charge in [0.15, 0.2) is 0 Å². The first-order valence-corrected chi connectivity index (χ1v) is 12.1. The second kappa shape index (κ2) is 10.3. The molecule has 34 heavy (non-hydrogen) atoms. The van der Waals surface area contributed by atoms with Gasteiger partial charge in [0.25, 0.3) is 0 Å². The topological polar surface area (TPSA) is 45.7 Å². The third-order valence-electron chi connectivity index (χ3n) is 6.85. The van der Waals surface area contributed by atoms with Gasteiger partial charge in [0.05, 0.1) is 6.04 Å². The summed E-state index contributed by atoms with van der Waals surface area (Å²) in [4.78, 5) is 21.8. The number of aromatic nitrogens is 1. The third-order valence-corrected chi connectivity index (χ3v) is 6.85. The molecule has 2 aliphatic heterocycles. The van der Waals surface area contributed by atoms with Gasteiger partial charge in [0, 0.05) is 56.1 Å². The molecular formula is C28H30FN3O2. The van der Waals surface area contributed by atoms with Crippen LogP contribution in [0, 0.1) is 5.82 Å². The van der Waals surface area contributed by atoms with Crippen LogP contribution in [0.3, 0.4) is 0 Å². The Balaban J connectivity index is 1.32. The van der Waals surface area contributed by atoms with Crippen LogP contribution in [0.15, 0.2) is 73.1 Å². The number of fused-ring (bicyclic) bond motifs is 1. The zero-order valence-electron chi connectivity index (χ0n) is 19.3. The van der Waals surface area contributed by atoms with Crippen molar-refractivity contribution in [2.45, 2.75) is 44.4 Å². The predicted molar refractivity (Wildman–Crippen MR) is 129 cm³/mol. The minimum absolute atomic E-state index is 0.0920. The Kier molecular flexibility index (Phi) is 6.86. The Morgan fingerprint density at radius 3 is 2.76 bits per heavy atom. The lowest BCUT2D eigenvalue weighted by molar-refractivity contribution is -0.135. The van der Waals surface area contributed by atoms with E-state index in [4.69, 9.17) is 4.74 Å². The van der Waals surface area contributed by atoms with E-state index in [9.17, 15) is 9.18 Å². The van der Waals surface area contributed by atoms with E-state index >= 15 is 0 Å². The summed E-state index contributed by atoms with van der Waals surface area (Å²) < 4.78 is 20.9. The smallest absolute Gasteiger partial charge is 0.224 e. The highest BCUT2D eigenvalue weighted by molar-refractivity contribution is 5.77. The normalized spacial score (nSPS) is 20.8. The largest absolute Gasteiger partial charge is 0.484 e. The van der Waals surface area contributed by atoms with E-state index in [-0.39, 0.29) is 17.8 Å². The summed E-state index contributed by atoms with van der Waals surface area (Å²) in [6.45, 7) is 2.56. The van der Waals surface area contributed by atoms with Crippen LogP contribution in [0.4, 0.5) is 4.39 Å². The average molecular weight is 460 g/mol. The van der Waals surface area contributed by atoms with Gasteiger partial charge in [-0.05, 0) is 43.0 Å². The fraction of sp³-hybridized carbons (Fsp3) is 0.357. The number of carbonyl (C=O) groups is 1. The van der Waals surface area contributed by atoms with Gasteiger partial charge in [-0.1, -0.05) is 42.5 Å². The first-order chi connectivity index (χ1) is 16.7. The minimum atomic E-state index is -0.432. The van der Waals surface area contributed by atoms with Gasteiger partial charge in [-0.15, -0.1) is 0 Å². The Bertz CT molecular complexity index is 1120. The third kappa shape index (κ3) is 4.97. The number of piperidine rings is 1. The summed E-state index contributed by atoms with van der Waals surface area (Å²) in [6, 6.07) is 18.8. The molecule has 0 spiro atoms. The van der Waals surface area contributed by atoms with Gasteiger partial charge in [-0.2, -0.15) is 0 Å². The lowest BCUT2D eigenvalue weighted by Crippen LogP contribution is -2.40. The molecule has 1 aromatic heterocycles. The molecule has 0 unspecified atom stereocenters. The van der Waals surface area contributed by atoms with Crippen molar-refractivity contribution in [1.29, 1.82) is 0 Å². The number of nitrogens with zero attached hydrogens (tertiary/aromatic N) is 3. The molecule has 3 heterocycles. The lowest BCUT2D eigenvalue weighted by atomic mass is 9.96. The Morgan fingerprint density at radius 2 is 1.91 bits per heavy atom. The van der Waals surface area contributed by atoms with E-state index < -0.39 is 6.10 Å². The van der Waals surface area contributed by atoms with Gasteiger partial charge in [-0.3, -0.25) is 14.7 Å². The van der Waals surface area contributed by atoms with Crippen molar-refractivity contribution in [3.8, 4) is 5.75 Å².